The summed E-state index contributed by atoms with van der Waals surface area (Å²) in [4.78, 5) is 44.2. The van der Waals surface area contributed by atoms with Gasteiger partial charge >= 0.3 is 5.97 Å². The molecule has 3 fully saturated rings. The number of unbranched alkanes of at least 4 members (excludes halogenated alkanes) is 1. The highest BCUT2D eigenvalue weighted by Gasteiger charge is 2.55. The quantitative estimate of drug-likeness (QED) is 0.332. The number of rotatable bonds is 11. The lowest BCUT2D eigenvalue weighted by Gasteiger charge is -2.52. The van der Waals surface area contributed by atoms with Crippen LogP contribution in [0.25, 0.3) is 0 Å². The second-order valence-corrected chi connectivity index (χ2v) is 12.7. The minimum atomic E-state index is -0.877. The van der Waals surface area contributed by atoms with Crippen LogP contribution in [0.15, 0.2) is 48.5 Å². The van der Waals surface area contributed by atoms with Gasteiger partial charge in [0.2, 0.25) is 11.8 Å². The van der Waals surface area contributed by atoms with Crippen molar-refractivity contribution in [3.05, 3.63) is 70.8 Å². The van der Waals surface area contributed by atoms with Crippen molar-refractivity contribution in [3.63, 3.8) is 0 Å². The molecule has 1 spiro atoms. The van der Waals surface area contributed by atoms with Crippen molar-refractivity contribution in [2.24, 2.45) is 5.92 Å². The number of likely N-dealkylation sites (tertiary alicyclic amines) is 1. The van der Waals surface area contributed by atoms with Gasteiger partial charge in [-0.3, -0.25) is 14.5 Å². The monoisotopic (exact) mass is 605 g/mol. The first kappa shape index (κ1) is 32.1. The van der Waals surface area contributed by atoms with E-state index in [-0.39, 0.29) is 30.9 Å². The lowest BCUT2D eigenvalue weighted by molar-refractivity contribution is -0.166. The molecule has 0 aromatic heterocycles. The van der Waals surface area contributed by atoms with E-state index in [1.165, 1.54) is 0 Å². The van der Waals surface area contributed by atoms with E-state index in [0.29, 0.717) is 44.6 Å². The van der Waals surface area contributed by atoms with Crippen molar-refractivity contribution in [2.75, 3.05) is 19.6 Å². The van der Waals surface area contributed by atoms with Gasteiger partial charge in [0.05, 0.1) is 18.3 Å². The second-order valence-electron chi connectivity index (χ2n) is 12.7. The Hall–Kier alpha value is -3.27. The Labute approximate surface area is 260 Å². The lowest BCUT2D eigenvalue weighted by atomic mass is 9.78. The molecular weight excluding hydrogens is 558 g/mol. The van der Waals surface area contributed by atoms with Gasteiger partial charge in [0.15, 0.2) is 0 Å². The molecular formula is C35H47N3O6. The number of nitrogens with zero attached hydrogens (tertiary/aromatic N) is 2. The van der Waals surface area contributed by atoms with Gasteiger partial charge in [-0.25, -0.2) is 4.79 Å². The first-order chi connectivity index (χ1) is 21.3. The number of ether oxygens (including phenoxy) is 1. The van der Waals surface area contributed by atoms with Crippen LogP contribution in [0.3, 0.4) is 0 Å². The molecule has 3 aliphatic rings. The molecule has 2 heterocycles. The number of carbonyl (C=O) groups is 3. The molecule has 0 unspecified atom stereocenters. The number of aliphatic hydroxyl groups excluding tert-OH is 2. The molecule has 1 aliphatic carbocycles. The van der Waals surface area contributed by atoms with E-state index in [1.54, 1.807) is 24.3 Å². The topological polar surface area (TPSA) is 119 Å². The minimum Gasteiger partial charge on any atom is -0.457 e. The number of piperazine rings is 1. The molecule has 2 aliphatic heterocycles. The van der Waals surface area contributed by atoms with E-state index in [9.17, 15) is 24.6 Å². The molecule has 0 radical (unpaired) electrons. The van der Waals surface area contributed by atoms with Gasteiger partial charge in [-0.05, 0) is 66.8 Å². The molecule has 238 valence electrons. The summed E-state index contributed by atoms with van der Waals surface area (Å²) in [5.74, 6) is -0.594. The summed E-state index contributed by atoms with van der Waals surface area (Å²) in [7, 11) is 0. The summed E-state index contributed by atoms with van der Waals surface area (Å²) in [6.45, 7) is 4.76. The number of hydrogen-bond donors (Lipinski definition) is 3. The predicted molar refractivity (Wildman–Crippen MR) is 166 cm³/mol. The summed E-state index contributed by atoms with van der Waals surface area (Å²) < 4.78 is 5.46. The molecule has 9 heteroatoms. The molecule has 9 nitrogen and oxygen atoms in total. The molecule has 44 heavy (non-hydrogen) atoms. The highest BCUT2D eigenvalue weighted by Crippen LogP contribution is 2.36. The molecule has 5 rings (SSSR count). The van der Waals surface area contributed by atoms with Crippen molar-refractivity contribution < 1.29 is 29.3 Å². The summed E-state index contributed by atoms with van der Waals surface area (Å²) in [6, 6.07) is 13.8. The van der Waals surface area contributed by atoms with Crippen molar-refractivity contribution >= 4 is 17.8 Å². The number of amides is 2. The number of carbonyl (C=O) groups excluding carboxylic acids is 3. The lowest BCUT2D eigenvalue weighted by Crippen LogP contribution is -2.75. The number of hydrogen-bond acceptors (Lipinski definition) is 7. The Morgan fingerprint density at radius 1 is 0.977 bits per heavy atom. The van der Waals surface area contributed by atoms with Crippen LogP contribution in [-0.2, 0) is 34.1 Å². The maximum absolute atomic E-state index is 13.8. The Morgan fingerprint density at radius 2 is 1.61 bits per heavy atom. The zero-order chi connectivity index (χ0) is 31.1. The number of esters is 1. The van der Waals surface area contributed by atoms with E-state index in [1.807, 2.05) is 29.2 Å². The van der Waals surface area contributed by atoms with Crippen molar-refractivity contribution in [1.29, 1.82) is 0 Å². The van der Waals surface area contributed by atoms with E-state index < -0.39 is 23.7 Å². The van der Waals surface area contributed by atoms with E-state index in [2.05, 4.69) is 17.1 Å². The normalized spacial score (nSPS) is 21.7. The molecule has 2 aromatic carbocycles. The average molecular weight is 606 g/mol. The van der Waals surface area contributed by atoms with Crippen LogP contribution in [0.1, 0.15) is 91.8 Å². The summed E-state index contributed by atoms with van der Waals surface area (Å²) in [6.07, 6.45) is 7.08. The van der Waals surface area contributed by atoms with Gasteiger partial charge in [0.25, 0.3) is 0 Å². The second kappa shape index (κ2) is 14.7. The number of benzene rings is 2. The third-order valence-corrected chi connectivity index (χ3v) is 9.82. The van der Waals surface area contributed by atoms with Gasteiger partial charge in [0.1, 0.15) is 18.2 Å². The number of aliphatic hydroxyl groups is 2. The summed E-state index contributed by atoms with van der Waals surface area (Å²) in [5.41, 5.74) is 2.32. The van der Waals surface area contributed by atoms with Gasteiger partial charge in [-0.15, -0.1) is 0 Å². The molecule has 3 N–H and O–H groups in total. The van der Waals surface area contributed by atoms with E-state index in [0.717, 1.165) is 61.6 Å². The van der Waals surface area contributed by atoms with Gasteiger partial charge in [-0.1, -0.05) is 69.0 Å². The molecule has 2 amide bonds. The molecule has 2 aromatic rings. The third-order valence-electron chi connectivity index (χ3n) is 9.82. The van der Waals surface area contributed by atoms with Crippen LogP contribution in [0.5, 0.6) is 0 Å². The van der Waals surface area contributed by atoms with Gasteiger partial charge in [-0.2, -0.15) is 0 Å². The Bertz CT molecular complexity index is 1270. The molecule has 1 saturated carbocycles. The Balaban J connectivity index is 1.17. The van der Waals surface area contributed by atoms with Crippen LogP contribution in [0.4, 0.5) is 0 Å². The fraction of sp³-hybridized carbons (Fsp3) is 0.571. The standard InChI is InChI=1S/C35H47N3O6/c1-2-3-19-38-32(41)30(31(40)28-7-5-4-6-8-28)36-34(43)35(38)17-20-37(21-18-35)22-25-13-15-29(16-14-25)33(42)44-24-27-11-9-26(23-39)10-12-27/h9-16,28,30-31,39-40H,2-8,17-24H2,1H3,(H,36,43)/t30-,31-/m1/s1. The van der Waals surface area contributed by atoms with Crippen molar-refractivity contribution in [2.45, 2.75) is 102 Å². The molecule has 0 bridgehead atoms. The molecule has 2 atom stereocenters. The van der Waals surface area contributed by atoms with Gasteiger partial charge in [0, 0.05) is 26.2 Å². The highest BCUT2D eigenvalue weighted by molar-refractivity contribution is 6.00. The van der Waals surface area contributed by atoms with Crippen LogP contribution in [0, 0.1) is 5.92 Å². The maximum atomic E-state index is 13.8. The zero-order valence-electron chi connectivity index (χ0n) is 25.9. The Morgan fingerprint density at radius 3 is 2.25 bits per heavy atom. The number of piperidine rings is 1. The summed E-state index contributed by atoms with van der Waals surface area (Å²) in [5, 5.41) is 23.3. The van der Waals surface area contributed by atoms with Crippen LogP contribution >= 0.6 is 0 Å². The fourth-order valence-electron chi connectivity index (χ4n) is 7.01. The largest absolute Gasteiger partial charge is 0.457 e. The average Bonchev–Trinajstić information content (AvgIpc) is 3.07. The van der Waals surface area contributed by atoms with Crippen LogP contribution < -0.4 is 5.32 Å². The minimum absolute atomic E-state index is 0.0249. The third kappa shape index (κ3) is 7.16. The van der Waals surface area contributed by atoms with Crippen LogP contribution in [-0.4, -0.2) is 75.1 Å². The maximum Gasteiger partial charge on any atom is 0.338 e. The SMILES string of the molecule is CCCCN1C(=O)[C@@H]([C@H](O)C2CCCCC2)NC(=O)C12CCN(Cc1ccc(C(=O)OCc3ccc(CO)cc3)cc1)CC2. The highest BCUT2D eigenvalue weighted by atomic mass is 16.5. The Kier molecular flexibility index (Phi) is 10.7. The van der Waals surface area contributed by atoms with Crippen LogP contribution in [0.2, 0.25) is 0 Å². The van der Waals surface area contributed by atoms with Crippen molar-refractivity contribution in [1.82, 2.24) is 15.1 Å². The van der Waals surface area contributed by atoms with Gasteiger partial charge < -0.3 is 25.2 Å². The first-order valence-electron chi connectivity index (χ1n) is 16.3. The molecule has 2 saturated heterocycles. The summed E-state index contributed by atoms with van der Waals surface area (Å²) >= 11 is 0. The fourth-order valence-corrected chi connectivity index (χ4v) is 7.01. The van der Waals surface area contributed by atoms with Crippen molar-refractivity contribution in [3.8, 4) is 0 Å². The smallest absolute Gasteiger partial charge is 0.338 e. The first-order valence-corrected chi connectivity index (χ1v) is 16.3. The van der Waals surface area contributed by atoms with E-state index in [4.69, 9.17) is 4.74 Å². The van der Waals surface area contributed by atoms with E-state index >= 15 is 0 Å². The number of nitrogens with one attached hydrogen (secondary N) is 1. The zero-order valence-corrected chi connectivity index (χ0v) is 25.9. The predicted octanol–water partition coefficient (Wildman–Crippen LogP) is 3.94.